The van der Waals surface area contributed by atoms with Gasteiger partial charge in [0.05, 0.1) is 18.8 Å². The summed E-state index contributed by atoms with van der Waals surface area (Å²) in [6.45, 7) is 2.46. The topological polar surface area (TPSA) is 67.8 Å². The first-order valence-electron chi connectivity index (χ1n) is 8.80. The molecule has 0 spiro atoms. The van der Waals surface area contributed by atoms with E-state index in [4.69, 9.17) is 4.74 Å². The SMILES string of the molecule is c1ccc(-n2ccnc2CNC[C@@H]2CCCO[C@H]2c2cn[nH]c2)cc1. The van der Waals surface area contributed by atoms with Crippen LogP contribution < -0.4 is 5.32 Å². The van der Waals surface area contributed by atoms with Crippen molar-refractivity contribution in [2.75, 3.05) is 13.2 Å². The Morgan fingerprint density at radius 3 is 3.04 bits per heavy atom. The van der Waals surface area contributed by atoms with Gasteiger partial charge >= 0.3 is 0 Å². The zero-order chi connectivity index (χ0) is 16.9. The van der Waals surface area contributed by atoms with E-state index in [9.17, 15) is 0 Å². The molecule has 6 nitrogen and oxygen atoms in total. The van der Waals surface area contributed by atoms with Crippen molar-refractivity contribution in [3.05, 3.63) is 66.5 Å². The van der Waals surface area contributed by atoms with Crippen LogP contribution in [0.1, 0.15) is 30.3 Å². The van der Waals surface area contributed by atoms with Gasteiger partial charge < -0.3 is 14.6 Å². The van der Waals surface area contributed by atoms with E-state index in [0.29, 0.717) is 5.92 Å². The highest BCUT2D eigenvalue weighted by atomic mass is 16.5. The summed E-state index contributed by atoms with van der Waals surface area (Å²) in [6, 6.07) is 10.3. The number of nitrogens with zero attached hydrogens (tertiary/aromatic N) is 3. The minimum absolute atomic E-state index is 0.119. The van der Waals surface area contributed by atoms with Crippen LogP contribution in [-0.4, -0.2) is 32.9 Å². The lowest BCUT2D eigenvalue weighted by Gasteiger charge is -2.31. The minimum Gasteiger partial charge on any atom is -0.373 e. The van der Waals surface area contributed by atoms with Crippen LogP contribution in [0.5, 0.6) is 0 Å². The van der Waals surface area contributed by atoms with Gasteiger partial charge in [-0.1, -0.05) is 18.2 Å². The summed E-state index contributed by atoms with van der Waals surface area (Å²) < 4.78 is 8.12. The lowest BCUT2D eigenvalue weighted by molar-refractivity contribution is -0.0279. The van der Waals surface area contributed by atoms with Crippen molar-refractivity contribution in [3.63, 3.8) is 0 Å². The zero-order valence-corrected chi connectivity index (χ0v) is 14.1. The summed E-state index contributed by atoms with van der Waals surface area (Å²) in [4.78, 5) is 4.50. The summed E-state index contributed by atoms with van der Waals surface area (Å²) in [7, 11) is 0. The average Bonchev–Trinajstić information content (AvgIpc) is 3.35. The highest BCUT2D eigenvalue weighted by Gasteiger charge is 2.27. The number of ether oxygens (including phenoxy) is 1. The van der Waals surface area contributed by atoms with Gasteiger partial charge in [-0.25, -0.2) is 4.98 Å². The molecule has 2 N–H and O–H groups in total. The molecule has 0 unspecified atom stereocenters. The molecule has 1 saturated heterocycles. The van der Waals surface area contributed by atoms with E-state index in [-0.39, 0.29) is 6.10 Å². The highest BCUT2D eigenvalue weighted by molar-refractivity contribution is 5.32. The van der Waals surface area contributed by atoms with Crippen LogP contribution in [0.15, 0.2) is 55.1 Å². The fraction of sp³-hybridized carbons (Fsp3) is 0.368. The third kappa shape index (κ3) is 3.65. The number of benzene rings is 1. The van der Waals surface area contributed by atoms with Crippen molar-refractivity contribution in [3.8, 4) is 5.69 Å². The zero-order valence-electron chi connectivity index (χ0n) is 14.1. The molecule has 2 atom stereocenters. The summed E-state index contributed by atoms with van der Waals surface area (Å²) in [6.07, 6.45) is 10.0. The Morgan fingerprint density at radius 1 is 1.28 bits per heavy atom. The number of H-pyrrole nitrogens is 1. The van der Waals surface area contributed by atoms with Crippen LogP contribution in [0, 0.1) is 5.92 Å². The standard InChI is InChI=1S/C19H23N5O/c1-2-6-17(7-3-1)24-9-8-21-18(24)14-20-11-15-5-4-10-25-19(15)16-12-22-23-13-16/h1-3,6-9,12-13,15,19-20H,4-5,10-11,14H2,(H,22,23)/t15-,19+/m0/s1. The number of aromatic nitrogens is 4. The van der Waals surface area contributed by atoms with Crippen LogP contribution in [0.25, 0.3) is 5.69 Å². The van der Waals surface area contributed by atoms with Gasteiger partial charge in [0.2, 0.25) is 0 Å². The molecule has 0 saturated carbocycles. The Balaban J connectivity index is 1.39. The fourth-order valence-corrected chi connectivity index (χ4v) is 3.50. The van der Waals surface area contributed by atoms with Gasteiger partial charge in [0, 0.05) is 48.9 Å². The number of nitrogens with one attached hydrogen (secondary N) is 2. The molecule has 0 aliphatic carbocycles. The number of para-hydroxylation sites is 1. The van der Waals surface area contributed by atoms with Gasteiger partial charge in [-0.2, -0.15) is 5.10 Å². The molecule has 4 rings (SSSR count). The Labute approximate surface area is 147 Å². The first-order chi connectivity index (χ1) is 12.4. The second-order valence-electron chi connectivity index (χ2n) is 6.41. The molecule has 0 amide bonds. The molecule has 130 valence electrons. The van der Waals surface area contributed by atoms with E-state index in [2.05, 4.69) is 37.2 Å². The van der Waals surface area contributed by atoms with Crippen molar-refractivity contribution < 1.29 is 4.74 Å². The van der Waals surface area contributed by atoms with Crippen LogP contribution in [-0.2, 0) is 11.3 Å². The van der Waals surface area contributed by atoms with E-state index >= 15 is 0 Å². The summed E-state index contributed by atoms with van der Waals surface area (Å²) in [5.41, 5.74) is 2.27. The van der Waals surface area contributed by atoms with E-state index in [0.717, 1.165) is 49.6 Å². The van der Waals surface area contributed by atoms with Gasteiger partial charge in [-0.3, -0.25) is 5.10 Å². The third-order valence-corrected chi connectivity index (χ3v) is 4.73. The Bertz CT molecular complexity index is 768. The quantitative estimate of drug-likeness (QED) is 0.726. The van der Waals surface area contributed by atoms with E-state index < -0.39 is 0 Å². The smallest absolute Gasteiger partial charge is 0.127 e. The maximum Gasteiger partial charge on any atom is 0.127 e. The van der Waals surface area contributed by atoms with Gasteiger partial charge in [-0.05, 0) is 25.0 Å². The largest absolute Gasteiger partial charge is 0.373 e. The van der Waals surface area contributed by atoms with Gasteiger partial charge in [0.1, 0.15) is 5.82 Å². The molecule has 3 aromatic rings. The maximum atomic E-state index is 5.99. The first-order valence-corrected chi connectivity index (χ1v) is 8.80. The number of hydrogen-bond acceptors (Lipinski definition) is 4. The fourth-order valence-electron chi connectivity index (χ4n) is 3.50. The molecular formula is C19H23N5O. The summed E-state index contributed by atoms with van der Waals surface area (Å²) in [5, 5.41) is 10.5. The molecule has 1 fully saturated rings. The molecule has 25 heavy (non-hydrogen) atoms. The van der Waals surface area contributed by atoms with Gasteiger partial charge in [0.15, 0.2) is 0 Å². The van der Waals surface area contributed by atoms with Crippen LogP contribution in [0.2, 0.25) is 0 Å². The second kappa shape index (κ2) is 7.63. The van der Waals surface area contributed by atoms with E-state index in [1.165, 1.54) is 0 Å². The molecular weight excluding hydrogens is 314 g/mol. The Hall–Kier alpha value is -2.44. The molecule has 2 aromatic heterocycles. The summed E-state index contributed by atoms with van der Waals surface area (Å²) >= 11 is 0. The highest BCUT2D eigenvalue weighted by Crippen LogP contribution is 2.32. The molecule has 1 aliphatic heterocycles. The van der Waals surface area contributed by atoms with Crippen LogP contribution in [0.3, 0.4) is 0 Å². The number of aromatic amines is 1. The van der Waals surface area contributed by atoms with Crippen LogP contribution >= 0.6 is 0 Å². The summed E-state index contributed by atoms with van der Waals surface area (Å²) in [5.74, 6) is 1.47. The number of rotatable bonds is 6. The number of imidazole rings is 1. The minimum atomic E-state index is 0.119. The van der Waals surface area contributed by atoms with E-state index in [1.54, 1.807) is 0 Å². The van der Waals surface area contributed by atoms with Gasteiger partial charge in [0.25, 0.3) is 0 Å². The molecule has 1 aromatic carbocycles. The molecule has 1 aliphatic rings. The molecule has 0 radical (unpaired) electrons. The monoisotopic (exact) mass is 337 g/mol. The van der Waals surface area contributed by atoms with Crippen molar-refractivity contribution in [2.24, 2.45) is 5.92 Å². The van der Waals surface area contributed by atoms with Crippen molar-refractivity contribution in [1.82, 2.24) is 25.1 Å². The predicted molar refractivity (Wildman–Crippen MR) is 95.3 cm³/mol. The Morgan fingerprint density at radius 2 is 2.20 bits per heavy atom. The lowest BCUT2D eigenvalue weighted by Crippen LogP contribution is -2.32. The van der Waals surface area contributed by atoms with Gasteiger partial charge in [-0.15, -0.1) is 0 Å². The predicted octanol–water partition coefficient (Wildman–Crippen LogP) is 2.85. The first kappa shape index (κ1) is 16.1. The number of hydrogen-bond donors (Lipinski definition) is 2. The second-order valence-corrected chi connectivity index (χ2v) is 6.41. The van der Waals surface area contributed by atoms with Crippen molar-refractivity contribution in [2.45, 2.75) is 25.5 Å². The van der Waals surface area contributed by atoms with Crippen LogP contribution in [0.4, 0.5) is 0 Å². The molecule has 3 heterocycles. The molecule has 6 heteroatoms. The van der Waals surface area contributed by atoms with Crippen molar-refractivity contribution in [1.29, 1.82) is 0 Å². The maximum absolute atomic E-state index is 5.99. The Kier molecular flexibility index (Phi) is 4.90. The average molecular weight is 337 g/mol. The normalized spacial score (nSPS) is 20.6. The lowest BCUT2D eigenvalue weighted by atomic mass is 9.91. The third-order valence-electron chi connectivity index (χ3n) is 4.73. The van der Waals surface area contributed by atoms with E-state index in [1.807, 2.05) is 43.0 Å². The molecule has 0 bridgehead atoms. The van der Waals surface area contributed by atoms with Crippen molar-refractivity contribution >= 4 is 0 Å².